The zero-order valence-electron chi connectivity index (χ0n) is 9.50. The van der Waals surface area contributed by atoms with Crippen molar-refractivity contribution in [1.29, 1.82) is 0 Å². The second kappa shape index (κ2) is 5.92. The molecular weight excluding hydrogens is 240 g/mol. The third kappa shape index (κ3) is 3.13. The van der Waals surface area contributed by atoms with Crippen molar-refractivity contribution >= 4 is 22.5 Å². The van der Waals surface area contributed by atoms with Crippen LogP contribution in [0.1, 0.15) is 25.7 Å². The number of nitrogens with zero attached hydrogens (tertiary/aromatic N) is 3. The molecule has 2 rings (SSSR count). The average Bonchev–Trinajstić information content (AvgIpc) is 2.83. The molecule has 1 fully saturated rings. The molecule has 94 valence electrons. The Kier molecular flexibility index (Phi) is 4.27. The lowest BCUT2D eigenvalue weighted by Crippen LogP contribution is -2.46. The van der Waals surface area contributed by atoms with E-state index in [1.807, 2.05) is 0 Å². The minimum absolute atomic E-state index is 0.118. The summed E-state index contributed by atoms with van der Waals surface area (Å²) in [7, 11) is 0. The van der Waals surface area contributed by atoms with Crippen LogP contribution in [-0.4, -0.2) is 45.4 Å². The molecule has 0 spiro atoms. The van der Waals surface area contributed by atoms with Gasteiger partial charge in [-0.25, -0.2) is 4.79 Å². The molecule has 1 atom stereocenters. The van der Waals surface area contributed by atoms with Gasteiger partial charge in [-0.3, -0.25) is 5.32 Å². The molecule has 0 aliphatic carbocycles. The quantitative estimate of drug-likeness (QED) is 0.854. The third-order valence-electron chi connectivity index (χ3n) is 2.92. The lowest BCUT2D eigenvalue weighted by atomic mass is 10.0. The molecule has 0 radical (unpaired) electrons. The normalized spacial score (nSPS) is 20.3. The van der Waals surface area contributed by atoms with Gasteiger partial charge in [0.25, 0.3) is 0 Å². The molecule has 2 amide bonds. The summed E-state index contributed by atoms with van der Waals surface area (Å²) in [5, 5.41) is 19.7. The fraction of sp³-hybridized carbons (Fsp3) is 0.700. The number of nitrogens with one attached hydrogen (secondary N) is 1. The van der Waals surface area contributed by atoms with E-state index in [0.717, 1.165) is 25.8 Å². The van der Waals surface area contributed by atoms with Crippen molar-refractivity contribution in [2.45, 2.75) is 31.7 Å². The van der Waals surface area contributed by atoms with E-state index >= 15 is 0 Å². The Labute approximate surface area is 104 Å². The Morgan fingerprint density at radius 1 is 1.65 bits per heavy atom. The van der Waals surface area contributed by atoms with Crippen LogP contribution in [0.25, 0.3) is 0 Å². The smallest absolute Gasteiger partial charge is 0.323 e. The van der Waals surface area contributed by atoms with Crippen molar-refractivity contribution in [1.82, 2.24) is 15.1 Å². The minimum Gasteiger partial charge on any atom is -0.396 e. The zero-order chi connectivity index (χ0) is 12.1. The van der Waals surface area contributed by atoms with E-state index in [0.29, 0.717) is 11.6 Å². The number of urea groups is 1. The van der Waals surface area contributed by atoms with Crippen molar-refractivity contribution in [3.05, 3.63) is 5.51 Å². The molecule has 2 N–H and O–H groups in total. The first kappa shape index (κ1) is 12.3. The van der Waals surface area contributed by atoms with Gasteiger partial charge in [0.2, 0.25) is 5.13 Å². The number of likely N-dealkylation sites (tertiary alicyclic amines) is 1. The molecule has 7 heteroatoms. The number of piperidine rings is 1. The summed E-state index contributed by atoms with van der Waals surface area (Å²) >= 11 is 1.30. The van der Waals surface area contributed by atoms with Crippen LogP contribution >= 0.6 is 11.3 Å². The highest BCUT2D eigenvalue weighted by atomic mass is 32.1. The van der Waals surface area contributed by atoms with Gasteiger partial charge in [-0.1, -0.05) is 11.3 Å². The number of carbonyl (C=O) groups excluding carboxylic acids is 1. The monoisotopic (exact) mass is 256 g/mol. The number of aliphatic hydroxyl groups is 1. The number of aromatic nitrogens is 2. The summed E-state index contributed by atoms with van der Waals surface area (Å²) < 4.78 is 0. The molecule has 1 aliphatic heterocycles. The molecular formula is C10H16N4O2S. The summed E-state index contributed by atoms with van der Waals surface area (Å²) in [5.41, 5.74) is 1.58. The van der Waals surface area contributed by atoms with Gasteiger partial charge < -0.3 is 10.0 Å². The van der Waals surface area contributed by atoms with Crippen molar-refractivity contribution in [2.75, 3.05) is 18.5 Å². The molecule has 1 saturated heterocycles. The van der Waals surface area contributed by atoms with E-state index in [-0.39, 0.29) is 18.7 Å². The maximum absolute atomic E-state index is 12.0. The Hall–Kier alpha value is -1.21. The second-order valence-corrected chi connectivity index (χ2v) is 4.86. The standard InChI is InChI=1S/C10H16N4O2S/c15-6-4-8-3-1-2-5-14(8)10(16)12-9-13-11-7-17-9/h7-8,15H,1-6H2,(H,12,13,16)/t8-/m1/s1. The molecule has 1 aromatic heterocycles. The van der Waals surface area contributed by atoms with Crippen LogP contribution in [-0.2, 0) is 0 Å². The van der Waals surface area contributed by atoms with E-state index in [1.165, 1.54) is 11.3 Å². The van der Waals surface area contributed by atoms with Gasteiger partial charge in [0.05, 0.1) is 0 Å². The molecule has 17 heavy (non-hydrogen) atoms. The highest BCUT2D eigenvalue weighted by Crippen LogP contribution is 2.21. The predicted octanol–water partition coefficient (Wildman–Crippen LogP) is 1.31. The van der Waals surface area contributed by atoms with E-state index in [4.69, 9.17) is 5.11 Å². The molecule has 0 saturated carbocycles. The van der Waals surface area contributed by atoms with Crippen LogP contribution in [0.3, 0.4) is 0 Å². The van der Waals surface area contributed by atoms with Crippen LogP contribution < -0.4 is 5.32 Å². The van der Waals surface area contributed by atoms with Gasteiger partial charge >= 0.3 is 6.03 Å². The largest absolute Gasteiger partial charge is 0.396 e. The first-order chi connectivity index (χ1) is 8.31. The maximum atomic E-state index is 12.0. The lowest BCUT2D eigenvalue weighted by molar-refractivity contribution is 0.141. The first-order valence-corrected chi connectivity index (χ1v) is 6.64. The topological polar surface area (TPSA) is 78.4 Å². The summed E-state index contributed by atoms with van der Waals surface area (Å²) in [6.45, 7) is 0.864. The zero-order valence-corrected chi connectivity index (χ0v) is 10.3. The van der Waals surface area contributed by atoms with E-state index in [9.17, 15) is 4.79 Å². The SMILES string of the molecule is O=C(Nc1nncs1)N1CCCC[C@@H]1CCO. The molecule has 1 aromatic rings. The first-order valence-electron chi connectivity index (χ1n) is 5.76. The number of rotatable bonds is 3. The highest BCUT2D eigenvalue weighted by molar-refractivity contribution is 7.13. The summed E-state index contributed by atoms with van der Waals surface area (Å²) in [6.07, 6.45) is 3.74. The van der Waals surface area contributed by atoms with Crippen molar-refractivity contribution < 1.29 is 9.90 Å². The van der Waals surface area contributed by atoms with E-state index < -0.39 is 0 Å². The van der Waals surface area contributed by atoms with Crippen LogP contribution in [0, 0.1) is 0 Å². The number of hydrogen-bond acceptors (Lipinski definition) is 5. The van der Waals surface area contributed by atoms with Gasteiger partial charge in [0.15, 0.2) is 0 Å². The van der Waals surface area contributed by atoms with E-state index in [1.54, 1.807) is 10.4 Å². The van der Waals surface area contributed by atoms with Crippen molar-refractivity contribution in [3.8, 4) is 0 Å². The van der Waals surface area contributed by atoms with Gasteiger partial charge in [0, 0.05) is 19.2 Å². The Morgan fingerprint density at radius 3 is 3.24 bits per heavy atom. The molecule has 0 bridgehead atoms. The van der Waals surface area contributed by atoms with Gasteiger partial charge in [-0.05, 0) is 25.7 Å². The number of amides is 2. The van der Waals surface area contributed by atoms with Crippen molar-refractivity contribution in [3.63, 3.8) is 0 Å². The summed E-state index contributed by atoms with van der Waals surface area (Å²) in [4.78, 5) is 13.8. The lowest BCUT2D eigenvalue weighted by Gasteiger charge is -2.35. The molecule has 0 aromatic carbocycles. The van der Waals surface area contributed by atoms with Crippen LogP contribution in [0.2, 0.25) is 0 Å². The van der Waals surface area contributed by atoms with Gasteiger partial charge in [-0.15, -0.1) is 10.2 Å². The summed E-state index contributed by atoms with van der Waals surface area (Å²) in [6, 6.07) is 0.00146. The number of carbonyl (C=O) groups is 1. The predicted molar refractivity (Wildman–Crippen MR) is 65.0 cm³/mol. The number of anilines is 1. The summed E-state index contributed by atoms with van der Waals surface area (Å²) in [5.74, 6) is 0. The highest BCUT2D eigenvalue weighted by Gasteiger charge is 2.26. The molecule has 1 aliphatic rings. The maximum Gasteiger partial charge on any atom is 0.323 e. The molecule has 0 unspecified atom stereocenters. The fourth-order valence-electron chi connectivity index (χ4n) is 2.11. The van der Waals surface area contributed by atoms with Gasteiger partial charge in [-0.2, -0.15) is 0 Å². The third-order valence-corrected chi connectivity index (χ3v) is 3.53. The Balaban J connectivity index is 1.96. The minimum atomic E-state index is -0.139. The van der Waals surface area contributed by atoms with Crippen LogP contribution in [0.15, 0.2) is 5.51 Å². The fourth-order valence-corrected chi connectivity index (χ4v) is 2.54. The Morgan fingerprint density at radius 2 is 2.53 bits per heavy atom. The van der Waals surface area contributed by atoms with Crippen LogP contribution in [0.4, 0.5) is 9.93 Å². The second-order valence-electron chi connectivity index (χ2n) is 4.03. The van der Waals surface area contributed by atoms with Gasteiger partial charge in [0.1, 0.15) is 5.51 Å². The van der Waals surface area contributed by atoms with Crippen molar-refractivity contribution in [2.24, 2.45) is 0 Å². The Bertz CT molecular complexity index is 355. The average molecular weight is 256 g/mol. The van der Waals surface area contributed by atoms with Crippen LogP contribution in [0.5, 0.6) is 0 Å². The van der Waals surface area contributed by atoms with E-state index in [2.05, 4.69) is 15.5 Å². The molecule has 2 heterocycles. The molecule has 6 nitrogen and oxygen atoms in total. The number of aliphatic hydroxyl groups excluding tert-OH is 1. The number of hydrogen-bond donors (Lipinski definition) is 2.